The highest BCUT2D eigenvalue weighted by Crippen LogP contribution is 2.20. The molecule has 0 saturated heterocycles. The molecule has 0 aliphatic carbocycles. The lowest BCUT2D eigenvalue weighted by Gasteiger charge is -2.30. The second kappa shape index (κ2) is 11.7. The summed E-state index contributed by atoms with van der Waals surface area (Å²) in [7, 11) is 3.71. The van der Waals surface area contributed by atoms with Crippen LogP contribution >= 0.6 is 35.3 Å². The van der Waals surface area contributed by atoms with Crippen molar-refractivity contribution in [3.63, 3.8) is 0 Å². The molecule has 1 unspecified atom stereocenters. The molecule has 0 radical (unpaired) electrons. The highest BCUT2D eigenvalue weighted by molar-refractivity contribution is 14.0. The number of methoxy groups -OCH3 is 1. The normalized spacial score (nSPS) is 13.1. The van der Waals surface area contributed by atoms with E-state index in [4.69, 9.17) is 9.73 Å². The molecule has 2 heterocycles. The third-order valence-corrected chi connectivity index (χ3v) is 5.45. The maximum atomic E-state index is 5.64. The monoisotopic (exact) mass is 520 g/mol. The number of nitrogens with one attached hydrogen (secondary N) is 2. The van der Waals surface area contributed by atoms with Gasteiger partial charge in [-0.05, 0) is 30.2 Å². The summed E-state index contributed by atoms with van der Waals surface area (Å²) in [6, 6.07) is 4.23. The van der Waals surface area contributed by atoms with Gasteiger partial charge in [0.25, 0.3) is 0 Å². The smallest absolute Gasteiger partial charge is 0.191 e. The van der Waals surface area contributed by atoms with Crippen LogP contribution < -0.4 is 10.6 Å². The van der Waals surface area contributed by atoms with Gasteiger partial charge in [-0.3, -0.25) is 0 Å². The maximum absolute atomic E-state index is 5.64. The summed E-state index contributed by atoms with van der Waals surface area (Å²) in [5, 5.41) is 17.2. The molecule has 1 atom stereocenters. The van der Waals surface area contributed by atoms with E-state index in [0.29, 0.717) is 13.1 Å². The second-order valence-corrected chi connectivity index (χ2v) is 8.65. The molecular formula is C19H33IN6OS. The van der Waals surface area contributed by atoms with Crippen molar-refractivity contribution in [1.29, 1.82) is 0 Å². The van der Waals surface area contributed by atoms with E-state index in [1.165, 1.54) is 4.88 Å². The summed E-state index contributed by atoms with van der Waals surface area (Å²) in [5.41, 5.74) is 0.0462. The number of ether oxygens (including phenoxy) is 1. The van der Waals surface area contributed by atoms with Crippen LogP contribution in [0.2, 0.25) is 0 Å². The Morgan fingerprint density at radius 1 is 1.32 bits per heavy atom. The van der Waals surface area contributed by atoms with Crippen LogP contribution in [0.15, 0.2) is 22.5 Å². The van der Waals surface area contributed by atoms with E-state index in [1.807, 2.05) is 18.5 Å². The van der Waals surface area contributed by atoms with Gasteiger partial charge in [0, 0.05) is 32.1 Å². The average molecular weight is 520 g/mol. The van der Waals surface area contributed by atoms with Gasteiger partial charge in [0.2, 0.25) is 0 Å². The Balaban J connectivity index is 0.00000392. The Labute approximate surface area is 189 Å². The number of halogens is 1. The molecule has 2 aromatic rings. The lowest BCUT2D eigenvalue weighted by molar-refractivity contribution is 0.0205. The quantitative estimate of drug-likeness (QED) is 0.318. The summed E-state index contributed by atoms with van der Waals surface area (Å²) >= 11 is 1.77. The van der Waals surface area contributed by atoms with Crippen molar-refractivity contribution in [2.45, 2.75) is 46.8 Å². The summed E-state index contributed by atoms with van der Waals surface area (Å²) in [6.07, 6.45) is 1.05. The minimum atomic E-state index is 0. The van der Waals surface area contributed by atoms with Gasteiger partial charge in [0.1, 0.15) is 12.4 Å². The SMILES string of the molecule is COC(CNC(=NCc1nnc(C)n1C)NCCc1cccs1)C(C)(C)C.I. The molecule has 9 heteroatoms. The molecular weight excluding hydrogens is 487 g/mol. The predicted molar refractivity (Wildman–Crippen MR) is 127 cm³/mol. The Morgan fingerprint density at radius 2 is 2.07 bits per heavy atom. The van der Waals surface area contributed by atoms with Gasteiger partial charge in [-0.25, -0.2) is 4.99 Å². The highest BCUT2D eigenvalue weighted by Gasteiger charge is 2.24. The molecule has 0 fully saturated rings. The number of aliphatic imine (C=N–C) groups is 1. The lowest BCUT2D eigenvalue weighted by atomic mass is 9.89. The van der Waals surface area contributed by atoms with Gasteiger partial charge in [-0.1, -0.05) is 26.8 Å². The van der Waals surface area contributed by atoms with Crippen LogP contribution in [0, 0.1) is 12.3 Å². The minimum Gasteiger partial charge on any atom is -0.379 e. The standard InChI is InChI=1S/C19H32N6OS.HI/c1-14-23-24-17(25(14)5)13-22-18(20-10-9-15-8-7-11-27-15)21-12-16(26-6)19(2,3)4;/h7-8,11,16H,9-10,12-13H2,1-6H3,(H2,20,21,22);1H. The fourth-order valence-corrected chi connectivity index (χ4v) is 3.31. The fraction of sp³-hybridized carbons (Fsp3) is 0.632. The molecule has 0 amide bonds. The molecule has 2 aromatic heterocycles. The Kier molecular flexibility index (Phi) is 10.4. The van der Waals surface area contributed by atoms with Gasteiger partial charge in [0.15, 0.2) is 11.8 Å². The van der Waals surface area contributed by atoms with Crippen molar-refractivity contribution < 1.29 is 4.74 Å². The first kappa shape index (κ1) is 24.8. The van der Waals surface area contributed by atoms with Gasteiger partial charge < -0.3 is 19.9 Å². The van der Waals surface area contributed by atoms with E-state index in [0.717, 1.165) is 30.6 Å². The third kappa shape index (κ3) is 7.67. The van der Waals surface area contributed by atoms with Crippen LogP contribution in [0.25, 0.3) is 0 Å². The van der Waals surface area contributed by atoms with Crippen LogP contribution in [0.3, 0.4) is 0 Å². The molecule has 0 saturated carbocycles. The van der Waals surface area contributed by atoms with Crippen molar-refractivity contribution in [1.82, 2.24) is 25.4 Å². The van der Waals surface area contributed by atoms with Crippen molar-refractivity contribution in [2.24, 2.45) is 17.5 Å². The zero-order valence-corrected chi connectivity index (χ0v) is 20.8. The summed E-state index contributed by atoms with van der Waals surface area (Å²) in [6.45, 7) is 10.4. The number of hydrogen-bond acceptors (Lipinski definition) is 5. The fourth-order valence-electron chi connectivity index (χ4n) is 2.60. The van der Waals surface area contributed by atoms with E-state index in [2.05, 4.69) is 59.1 Å². The van der Waals surface area contributed by atoms with Crippen LogP contribution in [0.4, 0.5) is 0 Å². The van der Waals surface area contributed by atoms with Crippen LogP contribution in [-0.2, 0) is 24.8 Å². The zero-order valence-electron chi connectivity index (χ0n) is 17.7. The first-order valence-electron chi connectivity index (χ1n) is 9.23. The van der Waals surface area contributed by atoms with Gasteiger partial charge >= 0.3 is 0 Å². The number of rotatable bonds is 8. The highest BCUT2D eigenvalue weighted by atomic mass is 127. The molecule has 0 aromatic carbocycles. The first-order chi connectivity index (χ1) is 12.8. The number of hydrogen-bond donors (Lipinski definition) is 2. The lowest BCUT2D eigenvalue weighted by Crippen LogP contribution is -2.45. The second-order valence-electron chi connectivity index (χ2n) is 7.61. The van der Waals surface area contributed by atoms with E-state index >= 15 is 0 Å². The summed E-state index contributed by atoms with van der Waals surface area (Å²) < 4.78 is 7.60. The number of thiophene rings is 1. The van der Waals surface area contributed by atoms with Gasteiger partial charge in [-0.2, -0.15) is 0 Å². The average Bonchev–Trinajstić information content (AvgIpc) is 3.23. The van der Waals surface area contributed by atoms with E-state index in [9.17, 15) is 0 Å². The molecule has 0 bridgehead atoms. The van der Waals surface area contributed by atoms with E-state index in [-0.39, 0.29) is 35.5 Å². The third-order valence-electron chi connectivity index (χ3n) is 4.51. The van der Waals surface area contributed by atoms with Crippen LogP contribution in [0.1, 0.15) is 37.3 Å². The number of nitrogens with zero attached hydrogens (tertiary/aromatic N) is 4. The Morgan fingerprint density at radius 3 is 2.61 bits per heavy atom. The minimum absolute atomic E-state index is 0. The van der Waals surface area contributed by atoms with E-state index < -0.39 is 0 Å². The molecule has 2 N–H and O–H groups in total. The van der Waals surface area contributed by atoms with Crippen molar-refractivity contribution in [3.05, 3.63) is 34.0 Å². The van der Waals surface area contributed by atoms with Gasteiger partial charge in [0.05, 0.1) is 6.10 Å². The number of guanidine groups is 1. The molecule has 0 aliphatic rings. The van der Waals surface area contributed by atoms with Crippen molar-refractivity contribution >= 4 is 41.3 Å². The maximum Gasteiger partial charge on any atom is 0.191 e. The van der Waals surface area contributed by atoms with Crippen molar-refractivity contribution in [2.75, 3.05) is 20.2 Å². The molecule has 2 rings (SSSR count). The predicted octanol–water partition coefficient (Wildman–Crippen LogP) is 3.14. The van der Waals surface area contributed by atoms with Gasteiger partial charge in [-0.15, -0.1) is 45.5 Å². The molecule has 28 heavy (non-hydrogen) atoms. The first-order valence-corrected chi connectivity index (χ1v) is 10.1. The van der Waals surface area contributed by atoms with Crippen LogP contribution in [0.5, 0.6) is 0 Å². The molecule has 0 spiro atoms. The topological polar surface area (TPSA) is 76.4 Å². The number of aromatic nitrogens is 3. The molecule has 158 valence electrons. The number of aryl methyl sites for hydroxylation is 1. The summed E-state index contributed by atoms with van der Waals surface area (Å²) in [4.78, 5) is 6.05. The van der Waals surface area contributed by atoms with Crippen molar-refractivity contribution in [3.8, 4) is 0 Å². The molecule has 0 aliphatic heterocycles. The molecule has 7 nitrogen and oxygen atoms in total. The van der Waals surface area contributed by atoms with E-state index in [1.54, 1.807) is 18.4 Å². The largest absolute Gasteiger partial charge is 0.379 e. The van der Waals surface area contributed by atoms with Crippen LogP contribution in [-0.4, -0.2) is 47.0 Å². The summed E-state index contributed by atoms with van der Waals surface area (Å²) in [5.74, 6) is 2.48. The Bertz CT molecular complexity index is 723. The Hall–Kier alpha value is -1.20. The zero-order chi connectivity index (χ0) is 19.9.